The Hall–Kier alpha value is -11.3. The van der Waals surface area contributed by atoms with Gasteiger partial charge in [0, 0.05) is 49.3 Å². The van der Waals surface area contributed by atoms with Crippen LogP contribution < -0.4 is 16.4 Å². The molecule has 17 aromatic carbocycles. The van der Waals surface area contributed by atoms with Crippen molar-refractivity contribution in [3.8, 4) is 44.8 Å². The van der Waals surface area contributed by atoms with Gasteiger partial charge in [0.05, 0.1) is 11.0 Å². The van der Waals surface area contributed by atoms with E-state index >= 15 is 0 Å². The van der Waals surface area contributed by atoms with Crippen molar-refractivity contribution in [2.75, 3.05) is 0 Å². The zero-order valence-corrected chi connectivity index (χ0v) is 47.1. The lowest BCUT2D eigenvalue weighted by atomic mass is 9.34. The average molecular weight is 1100 g/mol. The van der Waals surface area contributed by atoms with Crippen molar-refractivity contribution in [2.24, 2.45) is 0 Å². The summed E-state index contributed by atoms with van der Waals surface area (Å²) in [5.74, 6) is 0. The third-order valence-electron chi connectivity index (χ3n) is 20.3. The van der Waals surface area contributed by atoms with Crippen LogP contribution in [0.25, 0.3) is 185 Å². The highest BCUT2D eigenvalue weighted by molar-refractivity contribution is 7.00. The molecule has 0 amide bonds. The molecule has 2 aliphatic rings. The molecule has 0 bridgehead atoms. The molecular weight excluding hydrogens is 1050 g/mol. The Labute approximate surface area is 499 Å². The van der Waals surface area contributed by atoms with E-state index in [9.17, 15) is 0 Å². The van der Waals surface area contributed by atoms with E-state index in [1.165, 1.54) is 202 Å². The van der Waals surface area contributed by atoms with Gasteiger partial charge >= 0.3 is 0 Å². The molecule has 2 aromatic heterocycles. The van der Waals surface area contributed by atoms with Crippen molar-refractivity contribution in [3.63, 3.8) is 0 Å². The van der Waals surface area contributed by atoms with Crippen molar-refractivity contribution in [3.05, 3.63) is 285 Å². The lowest BCUT2D eigenvalue weighted by Crippen LogP contribution is -2.59. The molecule has 0 saturated carbocycles. The fourth-order valence-corrected chi connectivity index (χ4v) is 16.9. The highest BCUT2D eigenvalue weighted by Crippen LogP contribution is 2.49. The summed E-state index contributed by atoms with van der Waals surface area (Å²) in [6.45, 7) is -0.137. The Balaban J connectivity index is 0.967. The van der Waals surface area contributed by atoms with Gasteiger partial charge in [-0.15, -0.1) is 0 Å². The van der Waals surface area contributed by atoms with Crippen molar-refractivity contribution in [1.82, 2.24) is 9.13 Å². The van der Waals surface area contributed by atoms with Crippen LogP contribution in [-0.4, -0.2) is 15.8 Å². The van der Waals surface area contributed by atoms with Gasteiger partial charge in [0.2, 0.25) is 0 Å². The summed E-state index contributed by atoms with van der Waals surface area (Å²) in [4.78, 5) is 0. The smallest absolute Gasteiger partial charge is 0.252 e. The van der Waals surface area contributed by atoms with Crippen LogP contribution in [0, 0.1) is 0 Å². The summed E-state index contributed by atoms with van der Waals surface area (Å²) in [5.41, 5.74) is 19.0. The average Bonchev–Trinajstić information content (AvgIpc) is 1.57. The second-order valence-electron chi connectivity index (χ2n) is 24.5. The van der Waals surface area contributed by atoms with Gasteiger partial charge in [-0.25, -0.2) is 0 Å². The molecule has 0 fully saturated rings. The van der Waals surface area contributed by atoms with E-state index in [0.717, 1.165) is 0 Å². The van der Waals surface area contributed by atoms with E-state index in [1.54, 1.807) is 0 Å². The normalized spacial score (nSPS) is 12.8. The van der Waals surface area contributed by atoms with E-state index in [1.807, 2.05) is 0 Å². The molecule has 4 heterocycles. The second-order valence-corrected chi connectivity index (χ2v) is 24.5. The molecule has 0 saturated heterocycles. The van der Waals surface area contributed by atoms with Crippen LogP contribution in [0.4, 0.5) is 0 Å². The molecule has 0 atom stereocenters. The molecule has 396 valence electrons. The first-order valence-corrected chi connectivity index (χ1v) is 30.5. The van der Waals surface area contributed by atoms with Gasteiger partial charge in [-0.3, -0.25) is 0 Å². The van der Waals surface area contributed by atoms with Crippen molar-refractivity contribution in [2.45, 2.75) is 0 Å². The number of hydrogen-bond acceptors (Lipinski definition) is 0. The van der Waals surface area contributed by atoms with Gasteiger partial charge in [0.25, 0.3) is 6.71 Å². The quantitative estimate of drug-likeness (QED) is 0.0948. The lowest BCUT2D eigenvalue weighted by molar-refractivity contribution is 1.15. The molecule has 87 heavy (non-hydrogen) atoms. The topological polar surface area (TPSA) is 9.86 Å². The van der Waals surface area contributed by atoms with Crippen molar-refractivity contribution < 1.29 is 0 Å². The Kier molecular flexibility index (Phi) is 8.89. The van der Waals surface area contributed by atoms with Crippen molar-refractivity contribution in [1.29, 1.82) is 0 Å². The predicted octanol–water partition coefficient (Wildman–Crippen LogP) is 20.4. The number of nitrogens with zero attached hydrogens (tertiary/aromatic N) is 2. The third-order valence-corrected chi connectivity index (χ3v) is 20.3. The largest absolute Gasteiger partial charge is 0.310 e. The molecule has 3 heteroatoms. The molecule has 0 spiro atoms. The van der Waals surface area contributed by atoms with E-state index in [4.69, 9.17) is 0 Å². The molecule has 0 N–H and O–H groups in total. The monoisotopic (exact) mass is 1090 g/mol. The van der Waals surface area contributed by atoms with Crippen LogP contribution in [0.15, 0.2) is 285 Å². The molecule has 19 aromatic rings. The minimum atomic E-state index is -0.137. The first kappa shape index (κ1) is 46.2. The van der Waals surface area contributed by atoms with Crippen LogP contribution in [0.5, 0.6) is 0 Å². The zero-order chi connectivity index (χ0) is 56.3. The van der Waals surface area contributed by atoms with Crippen LogP contribution in [0.1, 0.15) is 0 Å². The Morgan fingerprint density at radius 1 is 0.218 bits per heavy atom. The van der Waals surface area contributed by atoms with Crippen molar-refractivity contribution >= 4 is 164 Å². The third kappa shape index (κ3) is 6.00. The van der Waals surface area contributed by atoms with E-state index in [0.29, 0.717) is 0 Å². The first-order chi connectivity index (χ1) is 43.2. The summed E-state index contributed by atoms with van der Waals surface area (Å²) >= 11 is 0. The predicted molar refractivity (Wildman–Crippen MR) is 374 cm³/mol. The molecule has 2 aliphatic heterocycles. The first-order valence-electron chi connectivity index (χ1n) is 30.5. The molecule has 0 radical (unpaired) electrons. The summed E-state index contributed by atoms with van der Waals surface area (Å²) in [5, 5.41) is 27.8. The maximum Gasteiger partial charge on any atom is 0.252 e. The maximum atomic E-state index is 2.71. The molecule has 2 nitrogen and oxygen atoms in total. The summed E-state index contributed by atoms with van der Waals surface area (Å²) in [6.07, 6.45) is 0. The van der Waals surface area contributed by atoms with Gasteiger partial charge in [-0.1, -0.05) is 231 Å². The summed E-state index contributed by atoms with van der Waals surface area (Å²) < 4.78 is 5.37. The second kappa shape index (κ2) is 16.8. The highest BCUT2D eigenvalue weighted by atomic mass is 15.0. The lowest BCUT2D eigenvalue weighted by Gasteiger charge is -2.34. The molecule has 0 aliphatic carbocycles. The van der Waals surface area contributed by atoms with Crippen LogP contribution in [0.3, 0.4) is 0 Å². The van der Waals surface area contributed by atoms with E-state index < -0.39 is 0 Å². The maximum absolute atomic E-state index is 2.71. The fourth-order valence-electron chi connectivity index (χ4n) is 16.9. The minimum Gasteiger partial charge on any atom is -0.310 e. The van der Waals surface area contributed by atoms with Crippen LogP contribution >= 0.6 is 0 Å². The van der Waals surface area contributed by atoms with Gasteiger partial charge in [-0.05, 0) is 196 Å². The number of hydrogen-bond donors (Lipinski definition) is 0. The zero-order valence-electron chi connectivity index (χ0n) is 47.1. The number of aromatic nitrogens is 2. The van der Waals surface area contributed by atoms with Gasteiger partial charge in [0.1, 0.15) is 0 Å². The van der Waals surface area contributed by atoms with E-state index in [-0.39, 0.29) is 6.71 Å². The molecule has 0 unspecified atom stereocenters. The Morgan fingerprint density at radius 3 is 1.06 bits per heavy atom. The Bertz CT molecular complexity index is 6200. The van der Waals surface area contributed by atoms with Gasteiger partial charge in [-0.2, -0.15) is 0 Å². The Morgan fingerprint density at radius 2 is 0.575 bits per heavy atom. The summed E-state index contributed by atoms with van der Waals surface area (Å²) in [7, 11) is 0. The van der Waals surface area contributed by atoms with Crippen LogP contribution in [0.2, 0.25) is 0 Å². The minimum absolute atomic E-state index is 0.137. The molecular formula is C84H47BN2. The number of fused-ring (bicyclic) bond motifs is 23. The van der Waals surface area contributed by atoms with Gasteiger partial charge in [0.15, 0.2) is 0 Å². The summed E-state index contributed by atoms with van der Waals surface area (Å²) in [6, 6.07) is 109. The fraction of sp³-hybridized carbons (Fsp3) is 0. The highest BCUT2D eigenvalue weighted by Gasteiger charge is 2.42. The van der Waals surface area contributed by atoms with Gasteiger partial charge < -0.3 is 9.13 Å². The standard InChI is InChI=1S/C84H47BN2/c1-7-24-57-48(18-1)40-49-19-2-8-25-58(49)77(57)54-36-39-74-69(43-54)71-45-56(79-61-28-11-5-22-52(61)42-53-23-6-12-29-62(53)79)46-72-82(71)86(74)75-34-17-35-76-81(75)85(72)73-47-55(78-59-26-9-3-20-50(59)41-51-21-4-10-27-60(51)78)44-70-68-38-37-67-65-32-14-13-30-63(65)64-31-15-16-33-66(64)80(67)84(68)87(76)83(70)73/h1-47H. The van der Waals surface area contributed by atoms with Crippen LogP contribution in [-0.2, 0) is 0 Å². The number of rotatable bonds is 3. The number of benzene rings is 17. The SMILES string of the molecule is c1cc2c3c(c1)-n1c4c(cc(-c5c6ccccc6cc6ccccc56)cc4c4ccc5c6ccccc6c6ccccc6c5c41)B3c1cc(-c3c4ccccc4cc4ccccc34)cc3c4cc(-c5c6ccccc6cc6ccccc56)ccc4n-2c13. The molecule has 21 rings (SSSR count). The van der Waals surface area contributed by atoms with E-state index in [2.05, 4.69) is 294 Å².